The Kier molecular flexibility index (Phi) is 4.85. The Labute approximate surface area is 144 Å². The third kappa shape index (κ3) is 3.66. The number of allylic oxidation sites excluding steroid dienone is 2. The molecule has 0 spiro atoms. The molecule has 5 heteroatoms. The second-order valence-electron chi connectivity index (χ2n) is 6.31. The lowest BCUT2D eigenvalue weighted by atomic mass is 9.80. The molecule has 3 rings (SSSR count). The Morgan fingerprint density at radius 3 is 2.70 bits per heavy atom. The van der Waals surface area contributed by atoms with Crippen molar-refractivity contribution < 1.29 is 14.3 Å². The molecule has 2 aliphatic rings. The van der Waals surface area contributed by atoms with E-state index in [1.807, 2.05) is 6.07 Å². The summed E-state index contributed by atoms with van der Waals surface area (Å²) in [6.07, 6.45) is 7.87. The molecule has 1 aromatic rings. The van der Waals surface area contributed by atoms with Gasteiger partial charge in [0.1, 0.15) is 5.76 Å². The van der Waals surface area contributed by atoms with Gasteiger partial charge in [-0.1, -0.05) is 35.2 Å². The maximum atomic E-state index is 12.4. The largest absolute Gasteiger partial charge is 0.427 e. The average Bonchev–Trinajstić information content (AvgIpc) is 2.45. The summed E-state index contributed by atoms with van der Waals surface area (Å²) in [6, 6.07) is 3.53. The second-order valence-corrected chi connectivity index (χ2v) is 7.16. The molecule has 122 valence electrons. The Bertz CT molecular complexity index is 677. The minimum Gasteiger partial charge on any atom is -0.427 e. The first-order valence-corrected chi connectivity index (χ1v) is 8.86. The molecule has 0 amide bonds. The molecule has 0 heterocycles. The van der Waals surface area contributed by atoms with Gasteiger partial charge in [0, 0.05) is 23.4 Å². The molecule has 1 aromatic carbocycles. The molecule has 0 unspecified atom stereocenters. The number of esters is 1. The van der Waals surface area contributed by atoms with Gasteiger partial charge in [-0.05, 0) is 36.5 Å². The summed E-state index contributed by atoms with van der Waals surface area (Å²) in [6.45, 7) is 0. The molecule has 0 aromatic heterocycles. The Balaban J connectivity index is 1.79. The normalized spacial score (nSPS) is 18.3. The number of rotatable bonds is 4. The first-order valence-electron chi connectivity index (χ1n) is 8.07. The quantitative estimate of drug-likeness (QED) is 0.631. The number of ketones is 1. The number of hydrogen-bond acceptors (Lipinski definition) is 4. The van der Waals surface area contributed by atoms with E-state index in [4.69, 9.17) is 10.5 Å². The molecular formula is C18H20BrNO3. The third-order valence-electron chi connectivity index (χ3n) is 4.63. The number of carbonyl (C=O) groups is 2. The highest BCUT2D eigenvalue weighted by atomic mass is 79.9. The highest BCUT2D eigenvalue weighted by molar-refractivity contribution is 9.10. The SMILES string of the molecule is Nc1c(C(=O)OC2=CC(=O)CCC2)ccc(Br)c1CC1CCC1. The number of nitrogens with two attached hydrogens (primary N) is 1. The van der Waals surface area contributed by atoms with Crippen LogP contribution in [0.4, 0.5) is 5.69 Å². The molecular weight excluding hydrogens is 358 g/mol. The van der Waals surface area contributed by atoms with E-state index in [9.17, 15) is 9.59 Å². The number of ether oxygens (including phenoxy) is 1. The van der Waals surface area contributed by atoms with E-state index in [0.717, 1.165) is 22.9 Å². The lowest BCUT2D eigenvalue weighted by Crippen LogP contribution is -2.17. The van der Waals surface area contributed by atoms with Gasteiger partial charge >= 0.3 is 5.97 Å². The molecule has 4 nitrogen and oxygen atoms in total. The maximum absolute atomic E-state index is 12.4. The molecule has 0 bridgehead atoms. The number of halogens is 1. The van der Waals surface area contributed by atoms with Crippen LogP contribution in [0.5, 0.6) is 0 Å². The number of anilines is 1. The molecule has 0 atom stereocenters. The number of benzene rings is 1. The summed E-state index contributed by atoms with van der Waals surface area (Å²) < 4.78 is 6.31. The van der Waals surface area contributed by atoms with Gasteiger partial charge in [-0.25, -0.2) is 4.79 Å². The van der Waals surface area contributed by atoms with Crippen molar-refractivity contribution in [3.8, 4) is 0 Å². The summed E-state index contributed by atoms with van der Waals surface area (Å²) in [5, 5.41) is 0. The van der Waals surface area contributed by atoms with Crippen LogP contribution in [0.15, 0.2) is 28.4 Å². The molecule has 0 aliphatic heterocycles. The summed E-state index contributed by atoms with van der Waals surface area (Å²) in [5.74, 6) is 0.618. The van der Waals surface area contributed by atoms with Crippen LogP contribution in [-0.4, -0.2) is 11.8 Å². The van der Waals surface area contributed by atoms with Crippen molar-refractivity contribution in [2.24, 2.45) is 5.92 Å². The van der Waals surface area contributed by atoms with E-state index in [0.29, 0.717) is 35.8 Å². The average molecular weight is 378 g/mol. The second kappa shape index (κ2) is 6.87. The lowest BCUT2D eigenvalue weighted by Gasteiger charge is -2.26. The van der Waals surface area contributed by atoms with Gasteiger partial charge in [-0.3, -0.25) is 4.79 Å². The number of carbonyl (C=O) groups excluding carboxylic acids is 2. The monoisotopic (exact) mass is 377 g/mol. The predicted octanol–water partition coefficient (Wildman–Crippen LogP) is 4.17. The fourth-order valence-corrected chi connectivity index (χ4v) is 3.53. The van der Waals surface area contributed by atoms with Gasteiger partial charge in [0.25, 0.3) is 0 Å². The van der Waals surface area contributed by atoms with Crippen LogP contribution in [-0.2, 0) is 16.0 Å². The standard InChI is InChI=1S/C18H20BrNO3/c19-16-8-7-14(17(20)15(16)9-11-3-1-4-11)18(22)23-13-6-2-5-12(21)10-13/h7-8,10-11H,1-6,9,20H2. The molecule has 2 N–H and O–H groups in total. The summed E-state index contributed by atoms with van der Waals surface area (Å²) in [5.41, 5.74) is 8.07. The van der Waals surface area contributed by atoms with Crippen molar-refractivity contribution in [1.82, 2.24) is 0 Å². The van der Waals surface area contributed by atoms with Gasteiger partial charge < -0.3 is 10.5 Å². The Morgan fingerprint density at radius 1 is 1.26 bits per heavy atom. The fourth-order valence-electron chi connectivity index (χ4n) is 3.02. The van der Waals surface area contributed by atoms with Crippen LogP contribution < -0.4 is 5.73 Å². The minimum atomic E-state index is -0.481. The first kappa shape index (κ1) is 16.2. The fraction of sp³-hybridized carbons (Fsp3) is 0.444. The zero-order chi connectivity index (χ0) is 16.4. The van der Waals surface area contributed by atoms with E-state index < -0.39 is 5.97 Å². The topological polar surface area (TPSA) is 69.4 Å². The zero-order valence-corrected chi connectivity index (χ0v) is 14.5. The highest BCUT2D eigenvalue weighted by Gasteiger charge is 2.24. The molecule has 1 fully saturated rings. The predicted molar refractivity (Wildman–Crippen MR) is 92.0 cm³/mol. The van der Waals surface area contributed by atoms with Crippen molar-refractivity contribution in [3.05, 3.63) is 39.6 Å². The van der Waals surface area contributed by atoms with Gasteiger partial charge in [0.2, 0.25) is 0 Å². The molecule has 1 saturated carbocycles. The van der Waals surface area contributed by atoms with Crippen LogP contribution in [0.3, 0.4) is 0 Å². The van der Waals surface area contributed by atoms with Crippen LogP contribution in [0, 0.1) is 5.92 Å². The highest BCUT2D eigenvalue weighted by Crippen LogP contribution is 2.36. The van der Waals surface area contributed by atoms with Crippen molar-refractivity contribution in [1.29, 1.82) is 0 Å². The Hall–Kier alpha value is -1.62. The van der Waals surface area contributed by atoms with Crippen molar-refractivity contribution >= 4 is 33.4 Å². The number of nitrogen functional groups attached to an aromatic ring is 1. The van der Waals surface area contributed by atoms with Crippen LogP contribution in [0.1, 0.15) is 54.4 Å². The van der Waals surface area contributed by atoms with Crippen LogP contribution in [0.2, 0.25) is 0 Å². The molecule has 23 heavy (non-hydrogen) atoms. The minimum absolute atomic E-state index is 0.00787. The van der Waals surface area contributed by atoms with E-state index >= 15 is 0 Å². The Morgan fingerprint density at radius 2 is 2.04 bits per heavy atom. The molecule has 0 radical (unpaired) electrons. The van der Waals surface area contributed by atoms with E-state index in [1.54, 1.807) is 6.07 Å². The summed E-state index contributed by atoms with van der Waals surface area (Å²) >= 11 is 3.53. The summed E-state index contributed by atoms with van der Waals surface area (Å²) in [4.78, 5) is 23.8. The molecule has 2 aliphatic carbocycles. The van der Waals surface area contributed by atoms with Crippen molar-refractivity contribution in [2.75, 3.05) is 5.73 Å². The lowest BCUT2D eigenvalue weighted by molar-refractivity contribution is -0.115. The van der Waals surface area contributed by atoms with E-state index in [1.165, 1.54) is 25.3 Å². The van der Waals surface area contributed by atoms with Crippen LogP contribution in [0.25, 0.3) is 0 Å². The number of hydrogen-bond donors (Lipinski definition) is 1. The third-order valence-corrected chi connectivity index (χ3v) is 5.37. The molecule has 0 saturated heterocycles. The van der Waals surface area contributed by atoms with E-state index in [2.05, 4.69) is 15.9 Å². The van der Waals surface area contributed by atoms with E-state index in [-0.39, 0.29) is 5.78 Å². The van der Waals surface area contributed by atoms with Gasteiger partial charge in [-0.2, -0.15) is 0 Å². The van der Waals surface area contributed by atoms with Crippen molar-refractivity contribution in [2.45, 2.75) is 44.9 Å². The maximum Gasteiger partial charge on any atom is 0.345 e. The van der Waals surface area contributed by atoms with Crippen LogP contribution >= 0.6 is 15.9 Å². The first-order chi connectivity index (χ1) is 11.0. The summed E-state index contributed by atoms with van der Waals surface area (Å²) in [7, 11) is 0. The smallest absolute Gasteiger partial charge is 0.345 e. The zero-order valence-electron chi connectivity index (χ0n) is 12.9. The van der Waals surface area contributed by atoms with Crippen molar-refractivity contribution in [3.63, 3.8) is 0 Å². The van der Waals surface area contributed by atoms with Gasteiger partial charge in [0.05, 0.1) is 11.3 Å². The van der Waals surface area contributed by atoms with Gasteiger partial charge in [0.15, 0.2) is 5.78 Å². The van der Waals surface area contributed by atoms with Gasteiger partial charge in [-0.15, -0.1) is 0 Å².